The highest BCUT2D eigenvalue weighted by molar-refractivity contribution is 8.00. The van der Waals surface area contributed by atoms with E-state index in [-0.39, 0.29) is 0 Å². The number of nitrogens with one attached hydrogen (secondary N) is 1. The van der Waals surface area contributed by atoms with Crippen molar-refractivity contribution in [1.29, 1.82) is 0 Å². The summed E-state index contributed by atoms with van der Waals surface area (Å²) < 4.78 is 0. The van der Waals surface area contributed by atoms with Crippen LogP contribution in [0.25, 0.3) is 0 Å². The fourth-order valence-corrected chi connectivity index (χ4v) is 4.36. The molecule has 2 unspecified atom stereocenters. The van der Waals surface area contributed by atoms with E-state index < -0.39 is 0 Å². The van der Waals surface area contributed by atoms with Crippen molar-refractivity contribution in [3.05, 3.63) is 11.1 Å². The first-order chi connectivity index (χ1) is 9.24. The van der Waals surface area contributed by atoms with Gasteiger partial charge < -0.3 is 10.2 Å². The predicted molar refractivity (Wildman–Crippen MR) is 87.6 cm³/mol. The number of hydrogen-bond acceptors (Lipinski definition) is 5. The van der Waals surface area contributed by atoms with Crippen molar-refractivity contribution in [2.45, 2.75) is 44.9 Å². The van der Waals surface area contributed by atoms with Crippen LogP contribution < -0.4 is 10.2 Å². The minimum Gasteiger partial charge on any atom is -0.346 e. The molecule has 2 heterocycles. The number of thiazole rings is 1. The minimum absolute atomic E-state index is 0.367. The Morgan fingerprint density at radius 3 is 3.11 bits per heavy atom. The van der Waals surface area contributed by atoms with Crippen molar-refractivity contribution in [2.75, 3.05) is 30.3 Å². The number of thioether (sulfide) groups is 1. The van der Waals surface area contributed by atoms with Crippen LogP contribution in [-0.2, 0) is 0 Å². The maximum atomic E-state index is 4.83. The normalized spacial score (nSPS) is 21.6. The van der Waals surface area contributed by atoms with Gasteiger partial charge in [-0.15, -0.1) is 11.3 Å². The predicted octanol–water partition coefficient (Wildman–Crippen LogP) is 3.54. The van der Waals surface area contributed by atoms with E-state index in [1.807, 2.05) is 0 Å². The van der Waals surface area contributed by atoms with Crippen LogP contribution in [0.2, 0.25) is 0 Å². The second-order valence-corrected chi connectivity index (χ2v) is 7.32. The third-order valence-corrected chi connectivity index (χ3v) is 5.81. The van der Waals surface area contributed by atoms with Gasteiger partial charge in [0.2, 0.25) is 0 Å². The Morgan fingerprint density at radius 2 is 2.37 bits per heavy atom. The van der Waals surface area contributed by atoms with Gasteiger partial charge in [0.25, 0.3) is 0 Å². The minimum atomic E-state index is 0.367. The van der Waals surface area contributed by atoms with Crippen LogP contribution in [0.5, 0.6) is 0 Å². The van der Waals surface area contributed by atoms with E-state index in [1.165, 1.54) is 29.4 Å². The van der Waals surface area contributed by atoms with E-state index in [4.69, 9.17) is 4.98 Å². The lowest BCUT2D eigenvalue weighted by atomic mass is 10.2. The Hall–Kier alpha value is -0.260. The summed E-state index contributed by atoms with van der Waals surface area (Å²) in [5, 5.41) is 7.70. The lowest BCUT2D eigenvalue weighted by molar-refractivity contribution is 0.560. The van der Waals surface area contributed by atoms with Crippen molar-refractivity contribution in [1.82, 2.24) is 10.3 Å². The fraction of sp³-hybridized carbons (Fsp3) is 0.786. The van der Waals surface area contributed by atoms with Crippen LogP contribution in [0, 0.1) is 0 Å². The number of anilines is 1. The maximum absolute atomic E-state index is 4.83. The van der Waals surface area contributed by atoms with Gasteiger partial charge in [-0.2, -0.15) is 11.8 Å². The molecule has 0 aromatic carbocycles. The van der Waals surface area contributed by atoms with E-state index >= 15 is 0 Å². The molecule has 3 nitrogen and oxygen atoms in total. The van der Waals surface area contributed by atoms with Crippen molar-refractivity contribution in [2.24, 2.45) is 0 Å². The highest BCUT2D eigenvalue weighted by Crippen LogP contribution is 2.29. The smallest absolute Gasteiger partial charge is 0.185 e. The summed E-state index contributed by atoms with van der Waals surface area (Å²) >= 11 is 3.90. The molecule has 1 N–H and O–H groups in total. The quantitative estimate of drug-likeness (QED) is 0.870. The third kappa shape index (κ3) is 4.10. The van der Waals surface area contributed by atoms with Crippen LogP contribution in [0.4, 0.5) is 5.13 Å². The number of rotatable bonds is 6. The largest absolute Gasteiger partial charge is 0.346 e. The first-order valence-corrected chi connectivity index (χ1v) is 9.22. The zero-order chi connectivity index (χ0) is 13.7. The van der Waals surface area contributed by atoms with E-state index in [0.717, 1.165) is 24.9 Å². The molecule has 0 radical (unpaired) electrons. The van der Waals surface area contributed by atoms with Gasteiger partial charge in [-0.05, 0) is 26.3 Å². The molecule has 0 spiro atoms. The molecule has 0 bridgehead atoms. The first-order valence-electron chi connectivity index (χ1n) is 7.30. The van der Waals surface area contributed by atoms with E-state index in [1.54, 1.807) is 11.3 Å². The summed E-state index contributed by atoms with van der Waals surface area (Å²) in [6.07, 6.45) is 2.43. The molecule has 1 aliphatic rings. The van der Waals surface area contributed by atoms with E-state index in [0.29, 0.717) is 6.04 Å². The Balaban J connectivity index is 1.96. The first kappa shape index (κ1) is 15.1. The van der Waals surface area contributed by atoms with Gasteiger partial charge in [-0.1, -0.05) is 13.8 Å². The van der Waals surface area contributed by atoms with Gasteiger partial charge in [0.1, 0.15) is 0 Å². The molecular weight excluding hydrogens is 274 g/mol. The molecule has 2 rings (SSSR count). The molecule has 19 heavy (non-hydrogen) atoms. The van der Waals surface area contributed by atoms with Crippen molar-refractivity contribution in [3.63, 3.8) is 0 Å². The summed E-state index contributed by atoms with van der Waals surface area (Å²) in [5.74, 6) is 1.23. The highest BCUT2D eigenvalue weighted by atomic mass is 32.2. The molecule has 0 amide bonds. The summed E-state index contributed by atoms with van der Waals surface area (Å²) in [5.41, 5.74) is 1.19. The second-order valence-electron chi connectivity index (χ2n) is 5.08. The molecule has 1 fully saturated rings. The second kappa shape index (κ2) is 7.50. The van der Waals surface area contributed by atoms with Gasteiger partial charge in [-0.3, -0.25) is 0 Å². The summed E-state index contributed by atoms with van der Waals surface area (Å²) in [4.78, 5) is 7.29. The number of nitrogens with zero attached hydrogens (tertiary/aromatic N) is 2. The van der Waals surface area contributed by atoms with Crippen LogP contribution in [-0.4, -0.2) is 35.6 Å². The fourth-order valence-electron chi connectivity index (χ4n) is 2.23. The lowest BCUT2D eigenvalue weighted by Gasteiger charge is -2.31. The van der Waals surface area contributed by atoms with Gasteiger partial charge in [-0.25, -0.2) is 4.98 Å². The van der Waals surface area contributed by atoms with Crippen LogP contribution in [0.1, 0.15) is 45.3 Å². The molecule has 108 valence electrons. The van der Waals surface area contributed by atoms with Crippen LogP contribution >= 0.6 is 23.1 Å². The molecule has 1 aliphatic heterocycles. The van der Waals surface area contributed by atoms with E-state index in [2.05, 4.69) is 48.1 Å². The molecular formula is C14H25N3S2. The van der Waals surface area contributed by atoms with E-state index in [9.17, 15) is 0 Å². The Morgan fingerprint density at radius 1 is 1.53 bits per heavy atom. The Bertz CT molecular complexity index is 381. The molecule has 1 aromatic heterocycles. The van der Waals surface area contributed by atoms with Gasteiger partial charge in [0.05, 0.1) is 5.69 Å². The third-order valence-electron chi connectivity index (χ3n) is 3.52. The standard InChI is InChI=1S/C14H25N3S2/c1-4-6-15-11(3)13-10-19-14(16-13)17-7-8-18-12(5-2)9-17/h10-12,15H,4-9H2,1-3H3. The molecule has 1 saturated heterocycles. The molecule has 2 atom stereocenters. The van der Waals surface area contributed by atoms with Crippen molar-refractivity contribution in [3.8, 4) is 0 Å². The molecule has 0 aliphatic carbocycles. The highest BCUT2D eigenvalue weighted by Gasteiger charge is 2.21. The molecule has 5 heteroatoms. The zero-order valence-corrected chi connectivity index (χ0v) is 13.8. The average molecular weight is 300 g/mol. The summed E-state index contributed by atoms with van der Waals surface area (Å²) in [7, 11) is 0. The van der Waals surface area contributed by atoms with Crippen LogP contribution in [0.15, 0.2) is 5.38 Å². The zero-order valence-electron chi connectivity index (χ0n) is 12.2. The lowest BCUT2D eigenvalue weighted by Crippen LogP contribution is -2.37. The average Bonchev–Trinajstić information content (AvgIpc) is 2.94. The molecule has 0 saturated carbocycles. The number of hydrogen-bond donors (Lipinski definition) is 1. The van der Waals surface area contributed by atoms with Crippen LogP contribution in [0.3, 0.4) is 0 Å². The summed E-state index contributed by atoms with van der Waals surface area (Å²) in [6.45, 7) is 10.0. The summed E-state index contributed by atoms with van der Waals surface area (Å²) in [6, 6.07) is 0.367. The monoisotopic (exact) mass is 299 g/mol. The van der Waals surface area contributed by atoms with Gasteiger partial charge >= 0.3 is 0 Å². The van der Waals surface area contributed by atoms with Gasteiger partial charge in [0.15, 0.2) is 5.13 Å². The van der Waals surface area contributed by atoms with Crippen molar-refractivity contribution < 1.29 is 0 Å². The van der Waals surface area contributed by atoms with Gasteiger partial charge in [0, 0.05) is 35.5 Å². The number of aromatic nitrogens is 1. The Kier molecular flexibility index (Phi) is 5.98. The molecule has 1 aromatic rings. The Labute approximate surface area is 125 Å². The maximum Gasteiger partial charge on any atom is 0.185 e. The SMILES string of the molecule is CCCNC(C)c1csc(N2CCSC(CC)C2)n1. The topological polar surface area (TPSA) is 28.2 Å². The van der Waals surface area contributed by atoms with Crippen molar-refractivity contribution >= 4 is 28.2 Å².